The van der Waals surface area contributed by atoms with E-state index in [4.69, 9.17) is 4.98 Å². The third-order valence-electron chi connectivity index (χ3n) is 8.38. The van der Waals surface area contributed by atoms with Crippen LogP contribution in [0.2, 0.25) is 0 Å². The van der Waals surface area contributed by atoms with Gasteiger partial charge in [-0.3, -0.25) is 4.79 Å². The van der Waals surface area contributed by atoms with Gasteiger partial charge in [-0.15, -0.1) is 11.3 Å². The highest BCUT2D eigenvalue weighted by Gasteiger charge is 2.59. The summed E-state index contributed by atoms with van der Waals surface area (Å²) in [7, 11) is 0. The van der Waals surface area contributed by atoms with Crippen molar-refractivity contribution < 1.29 is 15.0 Å². The van der Waals surface area contributed by atoms with Crippen molar-refractivity contribution in [3.05, 3.63) is 63.3 Å². The molecule has 5 atom stereocenters. The molecule has 2 aromatic heterocycles. The van der Waals surface area contributed by atoms with Crippen LogP contribution in [0.1, 0.15) is 55.2 Å². The van der Waals surface area contributed by atoms with Crippen molar-refractivity contribution in [2.45, 2.75) is 58.1 Å². The fourth-order valence-electron chi connectivity index (χ4n) is 6.21. The summed E-state index contributed by atoms with van der Waals surface area (Å²) in [5.74, 6) is 0.0339. The van der Waals surface area contributed by atoms with Crippen LogP contribution in [0.15, 0.2) is 47.2 Å². The fraction of sp³-hybridized carbons (Fsp3) is 0.481. The van der Waals surface area contributed by atoms with E-state index in [0.717, 1.165) is 34.7 Å². The number of hydrogen-bond donors (Lipinski definition) is 3. The number of fused-ring (bicyclic) bond motifs is 2. The molecule has 1 aromatic carbocycles. The molecule has 0 bridgehead atoms. The minimum atomic E-state index is -0.601. The maximum Gasteiger partial charge on any atom is 0.220 e. The second-order valence-corrected chi connectivity index (χ2v) is 12.2. The molecule has 34 heavy (non-hydrogen) atoms. The molecular formula is C27H32N2O3S2. The van der Waals surface area contributed by atoms with Crippen LogP contribution in [-0.2, 0) is 17.8 Å². The number of carbonyl (C=O) groups excluding carboxylic acids is 1. The molecule has 0 saturated heterocycles. The van der Waals surface area contributed by atoms with Crippen LogP contribution < -0.4 is 5.32 Å². The highest BCUT2D eigenvalue weighted by molar-refractivity contribution is 7.15. The number of nitrogens with zero attached hydrogens (tertiary/aromatic N) is 1. The summed E-state index contributed by atoms with van der Waals surface area (Å²) in [6.07, 6.45) is 2.04. The summed E-state index contributed by atoms with van der Waals surface area (Å²) in [5, 5.41) is 29.6. The zero-order chi connectivity index (χ0) is 23.9. The van der Waals surface area contributed by atoms with E-state index in [0.29, 0.717) is 19.4 Å². The Morgan fingerprint density at radius 2 is 2.03 bits per heavy atom. The molecule has 7 heteroatoms. The van der Waals surface area contributed by atoms with Crippen molar-refractivity contribution in [3.8, 4) is 10.6 Å². The van der Waals surface area contributed by atoms with Crippen molar-refractivity contribution in [3.63, 3.8) is 0 Å². The number of amides is 1. The molecule has 0 radical (unpaired) electrons. The zero-order valence-electron chi connectivity index (χ0n) is 19.7. The summed E-state index contributed by atoms with van der Waals surface area (Å²) < 4.78 is 0. The van der Waals surface area contributed by atoms with Crippen LogP contribution in [0.5, 0.6) is 0 Å². The van der Waals surface area contributed by atoms with Crippen LogP contribution >= 0.6 is 22.7 Å². The lowest BCUT2D eigenvalue weighted by Gasteiger charge is -2.58. The summed E-state index contributed by atoms with van der Waals surface area (Å²) in [6.45, 7) is 4.70. The van der Waals surface area contributed by atoms with Gasteiger partial charge in [-0.25, -0.2) is 4.98 Å². The molecule has 5 rings (SSSR count). The van der Waals surface area contributed by atoms with E-state index in [-0.39, 0.29) is 29.8 Å². The fourth-order valence-corrected chi connectivity index (χ4v) is 8.09. The SMILES string of the molecule is C[C@]1(CO)[C@H]2Cc3sc(-c4ccsc4)nc3[C@@H](CC(=O)NCc3ccccc3)[C@]2(C)CC[C@H]1O. The van der Waals surface area contributed by atoms with Crippen molar-refractivity contribution in [2.75, 3.05) is 6.61 Å². The number of nitrogens with one attached hydrogen (secondary N) is 1. The predicted octanol–water partition coefficient (Wildman–Crippen LogP) is 4.99. The average Bonchev–Trinajstić information content (AvgIpc) is 3.52. The molecule has 3 aromatic rings. The first kappa shape index (κ1) is 23.7. The van der Waals surface area contributed by atoms with Gasteiger partial charge >= 0.3 is 0 Å². The van der Waals surface area contributed by atoms with Crippen LogP contribution in [0, 0.1) is 16.7 Å². The Morgan fingerprint density at radius 3 is 2.74 bits per heavy atom. The van der Waals surface area contributed by atoms with Gasteiger partial charge in [0, 0.05) is 40.1 Å². The van der Waals surface area contributed by atoms with E-state index in [1.807, 2.05) is 37.3 Å². The van der Waals surface area contributed by atoms with Gasteiger partial charge in [0.25, 0.3) is 0 Å². The second kappa shape index (κ2) is 9.19. The Balaban J connectivity index is 1.49. The Bertz CT molecular complexity index is 1150. The van der Waals surface area contributed by atoms with Gasteiger partial charge < -0.3 is 15.5 Å². The molecule has 0 aliphatic heterocycles. The smallest absolute Gasteiger partial charge is 0.220 e. The van der Waals surface area contributed by atoms with Gasteiger partial charge in [0.1, 0.15) is 5.01 Å². The lowest BCUT2D eigenvalue weighted by Crippen LogP contribution is -2.57. The zero-order valence-corrected chi connectivity index (χ0v) is 21.3. The number of aliphatic hydroxyl groups is 2. The van der Waals surface area contributed by atoms with E-state index in [9.17, 15) is 15.0 Å². The third kappa shape index (κ3) is 4.02. The Labute approximate surface area is 208 Å². The van der Waals surface area contributed by atoms with Gasteiger partial charge in [0.05, 0.1) is 18.4 Å². The van der Waals surface area contributed by atoms with Gasteiger partial charge in [-0.05, 0) is 47.6 Å². The average molecular weight is 497 g/mol. The Morgan fingerprint density at radius 1 is 1.24 bits per heavy atom. The van der Waals surface area contributed by atoms with E-state index in [2.05, 4.69) is 29.1 Å². The lowest BCUT2D eigenvalue weighted by atomic mass is 9.47. The number of aliphatic hydroxyl groups excluding tert-OH is 2. The highest BCUT2D eigenvalue weighted by Crippen LogP contribution is 2.62. The van der Waals surface area contributed by atoms with Crippen molar-refractivity contribution in [1.29, 1.82) is 0 Å². The quantitative estimate of drug-likeness (QED) is 0.449. The number of hydrogen-bond acceptors (Lipinski definition) is 6. The van der Waals surface area contributed by atoms with E-state index >= 15 is 0 Å². The summed E-state index contributed by atoms with van der Waals surface area (Å²) in [4.78, 5) is 19.5. The number of benzene rings is 1. The summed E-state index contributed by atoms with van der Waals surface area (Å²) in [5.41, 5.74) is 2.40. The molecule has 5 nitrogen and oxygen atoms in total. The largest absolute Gasteiger partial charge is 0.396 e. The van der Waals surface area contributed by atoms with Gasteiger partial charge in [-0.1, -0.05) is 44.2 Å². The molecule has 1 fully saturated rings. The summed E-state index contributed by atoms with van der Waals surface area (Å²) in [6, 6.07) is 12.0. The van der Waals surface area contributed by atoms with Crippen LogP contribution in [0.25, 0.3) is 10.6 Å². The first-order valence-corrected chi connectivity index (χ1v) is 13.7. The normalized spacial score (nSPS) is 30.4. The maximum absolute atomic E-state index is 13.2. The maximum atomic E-state index is 13.2. The molecule has 1 amide bonds. The molecule has 2 heterocycles. The van der Waals surface area contributed by atoms with E-state index in [1.165, 1.54) is 4.88 Å². The van der Waals surface area contributed by atoms with Gasteiger partial charge in [0.15, 0.2) is 0 Å². The Hall–Kier alpha value is -2.06. The monoisotopic (exact) mass is 496 g/mol. The topological polar surface area (TPSA) is 82.5 Å². The first-order valence-electron chi connectivity index (χ1n) is 12.0. The van der Waals surface area contributed by atoms with Crippen molar-refractivity contribution >= 4 is 28.6 Å². The van der Waals surface area contributed by atoms with E-state index in [1.54, 1.807) is 22.7 Å². The van der Waals surface area contributed by atoms with Crippen LogP contribution in [-0.4, -0.2) is 33.8 Å². The molecular weight excluding hydrogens is 464 g/mol. The standard InChI is InChI=1S/C27H32N2O3S2/c1-26-10-8-22(31)27(2,16-30)21(26)13-20-24(29-25(34-20)18-9-11-33-15-18)19(26)12-23(32)28-14-17-6-4-3-5-7-17/h3-7,9,11,15,19,21-22,30-31H,8,10,12-14,16H2,1-2H3,(H,28,32)/t19-,21+,22-,26+,27+/m1/s1. The molecule has 1 saturated carbocycles. The van der Waals surface area contributed by atoms with Crippen LogP contribution in [0.3, 0.4) is 0 Å². The molecule has 2 aliphatic carbocycles. The Kier molecular flexibility index (Phi) is 6.40. The minimum Gasteiger partial charge on any atom is -0.396 e. The van der Waals surface area contributed by atoms with Gasteiger partial charge in [0.2, 0.25) is 5.91 Å². The number of rotatable bonds is 6. The molecule has 0 spiro atoms. The van der Waals surface area contributed by atoms with Gasteiger partial charge in [-0.2, -0.15) is 11.3 Å². The second-order valence-electron chi connectivity index (χ2n) is 10.3. The van der Waals surface area contributed by atoms with Crippen molar-refractivity contribution in [2.24, 2.45) is 16.7 Å². The number of aromatic nitrogens is 1. The van der Waals surface area contributed by atoms with E-state index < -0.39 is 11.5 Å². The number of carbonyl (C=O) groups is 1. The van der Waals surface area contributed by atoms with Crippen LogP contribution in [0.4, 0.5) is 0 Å². The first-order chi connectivity index (χ1) is 16.3. The lowest BCUT2D eigenvalue weighted by molar-refractivity contribution is -0.144. The van der Waals surface area contributed by atoms with Crippen molar-refractivity contribution in [1.82, 2.24) is 10.3 Å². The number of thiophene rings is 1. The molecule has 3 N–H and O–H groups in total. The molecule has 0 unspecified atom stereocenters. The predicted molar refractivity (Wildman–Crippen MR) is 137 cm³/mol. The minimum absolute atomic E-state index is 0.0172. The number of thiazole rings is 1. The summed E-state index contributed by atoms with van der Waals surface area (Å²) >= 11 is 3.36. The molecule has 180 valence electrons. The third-order valence-corrected chi connectivity index (χ3v) is 10.2. The molecule has 2 aliphatic rings. The highest BCUT2D eigenvalue weighted by atomic mass is 32.1.